The summed E-state index contributed by atoms with van der Waals surface area (Å²) in [5, 5.41) is 2.78. The molecule has 0 saturated carbocycles. The van der Waals surface area contributed by atoms with Gasteiger partial charge in [-0.15, -0.1) is 11.3 Å². The molecule has 130 valence electrons. The van der Waals surface area contributed by atoms with Crippen molar-refractivity contribution in [3.8, 4) is 0 Å². The average Bonchev–Trinajstić information content (AvgIpc) is 2.99. The Labute approximate surface area is 150 Å². The highest BCUT2D eigenvalue weighted by Crippen LogP contribution is 2.25. The van der Waals surface area contributed by atoms with Crippen LogP contribution < -0.4 is 5.32 Å². The molecule has 0 fully saturated rings. The summed E-state index contributed by atoms with van der Waals surface area (Å²) in [5.41, 5.74) is 3.23. The smallest absolute Gasteiger partial charge is 0.348 e. The molecular weight excluding hydrogens is 338 g/mol. The molecule has 25 heavy (non-hydrogen) atoms. The summed E-state index contributed by atoms with van der Waals surface area (Å²) in [6.45, 7) is 3.71. The van der Waals surface area contributed by atoms with Gasteiger partial charge in [-0.1, -0.05) is 6.92 Å². The van der Waals surface area contributed by atoms with Crippen LogP contribution in [0.25, 0.3) is 0 Å². The van der Waals surface area contributed by atoms with E-state index in [1.165, 1.54) is 11.3 Å². The Kier molecular flexibility index (Phi) is 4.99. The van der Waals surface area contributed by atoms with Crippen molar-refractivity contribution in [3.63, 3.8) is 0 Å². The lowest BCUT2D eigenvalue weighted by Crippen LogP contribution is -2.20. The highest BCUT2D eigenvalue weighted by Gasteiger charge is 2.18. The molecule has 0 atom stereocenters. The van der Waals surface area contributed by atoms with Crippen molar-refractivity contribution in [2.24, 2.45) is 0 Å². The maximum absolute atomic E-state index is 12.3. The van der Waals surface area contributed by atoms with E-state index in [1.807, 2.05) is 13.8 Å². The minimum absolute atomic E-state index is 0.0156. The zero-order valence-corrected chi connectivity index (χ0v) is 15.0. The number of anilines is 1. The Morgan fingerprint density at radius 3 is 2.76 bits per heavy atom. The zero-order valence-electron chi connectivity index (χ0n) is 14.2. The Bertz CT molecular complexity index is 853. The van der Waals surface area contributed by atoms with Crippen LogP contribution in [0.4, 0.5) is 5.69 Å². The van der Waals surface area contributed by atoms with E-state index in [0.717, 1.165) is 28.1 Å². The number of fused-ring (bicyclic) bond motifs is 1. The van der Waals surface area contributed by atoms with Gasteiger partial charge in [0.25, 0.3) is 0 Å². The van der Waals surface area contributed by atoms with Crippen LogP contribution in [0, 0.1) is 6.92 Å². The molecule has 0 radical (unpaired) electrons. The summed E-state index contributed by atoms with van der Waals surface area (Å²) >= 11 is 1.41. The molecule has 0 unspecified atom stereocenters. The molecule has 1 amide bonds. The molecule has 2 heterocycles. The summed E-state index contributed by atoms with van der Waals surface area (Å²) in [7, 11) is 0. The predicted molar refractivity (Wildman–Crippen MR) is 96.4 cm³/mol. The lowest BCUT2D eigenvalue weighted by atomic mass is 9.99. The fourth-order valence-corrected chi connectivity index (χ4v) is 3.82. The molecule has 1 aromatic carbocycles. The second-order valence-corrected chi connectivity index (χ2v) is 7.13. The van der Waals surface area contributed by atoms with Gasteiger partial charge >= 0.3 is 5.97 Å². The van der Waals surface area contributed by atoms with Gasteiger partial charge in [-0.05, 0) is 55.2 Å². The molecule has 1 aliphatic heterocycles. The molecule has 1 aromatic heterocycles. The summed E-state index contributed by atoms with van der Waals surface area (Å²) in [6, 6.07) is 6.93. The third-order valence-electron chi connectivity index (χ3n) is 4.20. The molecule has 6 heteroatoms. The highest BCUT2D eigenvalue weighted by atomic mass is 32.1. The number of aryl methyl sites for hydroxylation is 3. The van der Waals surface area contributed by atoms with Gasteiger partial charge in [0, 0.05) is 22.5 Å². The van der Waals surface area contributed by atoms with E-state index < -0.39 is 5.97 Å². The molecule has 5 nitrogen and oxygen atoms in total. The van der Waals surface area contributed by atoms with Crippen LogP contribution >= 0.6 is 11.3 Å². The van der Waals surface area contributed by atoms with E-state index in [2.05, 4.69) is 5.32 Å². The van der Waals surface area contributed by atoms with Crippen molar-refractivity contribution in [1.29, 1.82) is 0 Å². The van der Waals surface area contributed by atoms with Crippen LogP contribution in [0.2, 0.25) is 0 Å². The molecule has 0 aliphatic carbocycles. The fourth-order valence-electron chi connectivity index (χ4n) is 2.81. The number of thiophene rings is 1. The molecule has 0 bridgehead atoms. The van der Waals surface area contributed by atoms with Gasteiger partial charge in [-0.2, -0.15) is 0 Å². The van der Waals surface area contributed by atoms with E-state index in [4.69, 9.17) is 4.74 Å². The number of esters is 1. The Hall–Kier alpha value is -2.47. The molecule has 1 aliphatic rings. The van der Waals surface area contributed by atoms with Gasteiger partial charge in [0.2, 0.25) is 5.91 Å². The Balaban J connectivity index is 1.64. The van der Waals surface area contributed by atoms with Crippen LogP contribution in [0.1, 0.15) is 49.4 Å². The number of amides is 1. The minimum Gasteiger partial charge on any atom is -0.453 e. The minimum atomic E-state index is -0.466. The molecular formula is C19H19NO4S. The van der Waals surface area contributed by atoms with Crippen molar-refractivity contribution in [2.45, 2.75) is 33.1 Å². The van der Waals surface area contributed by atoms with E-state index in [1.54, 1.807) is 24.3 Å². The average molecular weight is 357 g/mol. The van der Waals surface area contributed by atoms with Crippen LogP contribution in [-0.2, 0) is 22.4 Å². The van der Waals surface area contributed by atoms with Gasteiger partial charge in [0.15, 0.2) is 12.4 Å². The van der Waals surface area contributed by atoms with Crippen LogP contribution in [0.5, 0.6) is 0 Å². The molecule has 1 N–H and O–H groups in total. The van der Waals surface area contributed by atoms with Gasteiger partial charge < -0.3 is 10.1 Å². The SMILES string of the molecule is CCc1sc(C(=O)OCC(=O)c2ccc3c(c2)CCC(=O)N3)cc1C. The van der Waals surface area contributed by atoms with E-state index in [9.17, 15) is 14.4 Å². The van der Waals surface area contributed by atoms with Crippen LogP contribution in [0.3, 0.4) is 0 Å². The number of carbonyl (C=O) groups excluding carboxylic acids is 3. The van der Waals surface area contributed by atoms with Crippen molar-refractivity contribution >= 4 is 34.7 Å². The number of nitrogens with one attached hydrogen (secondary N) is 1. The number of hydrogen-bond donors (Lipinski definition) is 1. The van der Waals surface area contributed by atoms with Crippen molar-refractivity contribution in [1.82, 2.24) is 0 Å². The molecule has 0 saturated heterocycles. The highest BCUT2D eigenvalue weighted by molar-refractivity contribution is 7.14. The van der Waals surface area contributed by atoms with Gasteiger partial charge in [-0.3, -0.25) is 9.59 Å². The summed E-state index contributed by atoms with van der Waals surface area (Å²) in [5.74, 6) is -0.735. The normalized spacial score (nSPS) is 13.1. The summed E-state index contributed by atoms with van der Waals surface area (Å²) < 4.78 is 5.17. The standard InChI is InChI=1S/C19H19NO4S/c1-3-16-11(2)8-17(25-16)19(23)24-10-15(21)13-4-6-14-12(9-13)5-7-18(22)20-14/h4,6,8-9H,3,5,7,10H2,1-2H3,(H,20,22). The number of Topliss-reactive ketones (excluding diaryl/α,β-unsaturated/α-hetero) is 1. The number of ketones is 1. The first-order chi connectivity index (χ1) is 12.0. The number of ether oxygens (including phenoxy) is 1. The third-order valence-corrected chi connectivity index (χ3v) is 5.56. The van der Waals surface area contributed by atoms with E-state index in [0.29, 0.717) is 23.3 Å². The van der Waals surface area contributed by atoms with Crippen LogP contribution in [-0.4, -0.2) is 24.3 Å². The first-order valence-corrected chi connectivity index (χ1v) is 9.02. The van der Waals surface area contributed by atoms with Gasteiger partial charge in [0.1, 0.15) is 4.88 Å². The number of hydrogen-bond acceptors (Lipinski definition) is 5. The van der Waals surface area contributed by atoms with Crippen molar-refractivity contribution < 1.29 is 19.1 Å². The predicted octanol–water partition coefficient (Wildman–Crippen LogP) is 3.54. The second kappa shape index (κ2) is 7.19. The lowest BCUT2D eigenvalue weighted by Gasteiger charge is -2.17. The van der Waals surface area contributed by atoms with Crippen LogP contribution in [0.15, 0.2) is 24.3 Å². The van der Waals surface area contributed by atoms with Crippen molar-refractivity contribution in [3.05, 3.63) is 50.7 Å². The quantitative estimate of drug-likeness (QED) is 0.656. The second-order valence-electron chi connectivity index (χ2n) is 5.99. The molecule has 0 spiro atoms. The monoisotopic (exact) mass is 357 g/mol. The molecule has 3 rings (SSSR count). The van der Waals surface area contributed by atoms with Gasteiger partial charge in [0.05, 0.1) is 0 Å². The Morgan fingerprint density at radius 2 is 2.04 bits per heavy atom. The number of benzene rings is 1. The summed E-state index contributed by atoms with van der Waals surface area (Å²) in [4.78, 5) is 37.5. The first-order valence-electron chi connectivity index (χ1n) is 8.20. The topological polar surface area (TPSA) is 72.5 Å². The van der Waals surface area contributed by atoms with Crippen molar-refractivity contribution in [2.75, 3.05) is 11.9 Å². The molecule has 2 aromatic rings. The fraction of sp³-hybridized carbons (Fsp3) is 0.316. The number of rotatable bonds is 5. The van der Waals surface area contributed by atoms with E-state index >= 15 is 0 Å². The first kappa shape index (κ1) is 17.4. The largest absolute Gasteiger partial charge is 0.453 e. The maximum Gasteiger partial charge on any atom is 0.348 e. The van der Waals surface area contributed by atoms with Gasteiger partial charge in [-0.25, -0.2) is 4.79 Å². The zero-order chi connectivity index (χ0) is 18.0. The Morgan fingerprint density at radius 1 is 1.24 bits per heavy atom. The maximum atomic E-state index is 12.3. The van der Waals surface area contributed by atoms with E-state index in [-0.39, 0.29) is 18.3 Å². The number of carbonyl (C=O) groups is 3. The summed E-state index contributed by atoms with van der Waals surface area (Å²) in [6.07, 6.45) is 1.89. The lowest BCUT2D eigenvalue weighted by molar-refractivity contribution is -0.116. The third kappa shape index (κ3) is 3.79.